The van der Waals surface area contributed by atoms with Crippen LogP contribution in [-0.2, 0) is 4.74 Å². The Morgan fingerprint density at radius 2 is 1.81 bits per heavy atom. The molecular weight excluding hydrogens is 351 g/mol. The molecule has 0 aromatic heterocycles. The highest BCUT2D eigenvalue weighted by molar-refractivity contribution is 5.95. The molecule has 0 aliphatic carbocycles. The van der Waals surface area contributed by atoms with Crippen molar-refractivity contribution in [2.75, 3.05) is 39.6 Å². The van der Waals surface area contributed by atoms with Crippen LogP contribution < -0.4 is 14.8 Å². The van der Waals surface area contributed by atoms with E-state index in [1.54, 1.807) is 30.3 Å². The van der Waals surface area contributed by atoms with Gasteiger partial charge >= 0.3 is 0 Å². The van der Waals surface area contributed by atoms with Gasteiger partial charge in [0.25, 0.3) is 5.91 Å². The van der Waals surface area contributed by atoms with Gasteiger partial charge in [-0.2, -0.15) is 0 Å². The van der Waals surface area contributed by atoms with Crippen molar-refractivity contribution in [3.63, 3.8) is 0 Å². The van der Waals surface area contributed by atoms with E-state index in [-0.39, 0.29) is 24.6 Å². The molecule has 2 aromatic rings. The van der Waals surface area contributed by atoms with Gasteiger partial charge in [-0.3, -0.25) is 9.69 Å². The number of fused-ring (bicyclic) bond motifs is 1. The molecule has 2 heterocycles. The third-order valence-corrected chi connectivity index (χ3v) is 4.83. The first-order chi connectivity index (χ1) is 13.2. The average molecular weight is 372 g/mol. The number of ether oxygens (including phenoxy) is 3. The van der Waals surface area contributed by atoms with Gasteiger partial charge in [0.05, 0.1) is 19.3 Å². The van der Waals surface area contributed by atoms with Crippen LogP contribution in [0.3, 0.4) is 0 Å². The molecule has 2 aliphatic rings. The molecule has 1 saturated heterocycles. The fourth-order valence-electron chi connectivity index (χ4n) is 3.36. The Kier molecular flexibility index (Phi) is 5.22. The van der Waals surface area contributed by atoms with Crippen LogP contribution in [0.1, 0.15) is 22.0 Å². The van der Waals surface area contributed by atoms with Crippen molar-refractivity contribution in [2.24, 2.45) is 0 Å². The highest BCUT2D eigenvalue weighted by Crippen LogP contribution is 2.32. The first kappa shape index (κ1) is 17.8. The maximum Gasteiger partial charge on any atom is 0.251 e. The van der Waals surface area contributed by atoms with Crippen molar-refractivity contribution in [2.45, 2.75) is 6.04 Å². The Labute approximate surface area is 156 Å². The number of halogens is 1. The SMILES string of the molecule is O=C(NC[C@@H](c1ccc(F)cc1)N1CCOCC1)c1ccc2c(c1)OCO2. The largest absolute Gasteiger partial charge is 0.454 e. The summed E-state index contributed by atoms with van der Waals surface area (Å²) in [7, 11) is 0. The van der Waals surface area contributed by atoms with E-state index in [9.17, 15) is 9.18 Å². The molecule has 2 aromatic carbocycles. The minimum Gasteiger partial charge on any atom is -0.454 e. The van der Waals surface area contributed by atoms with Gasteiger partial charge in [-0.25, -0.2) is 4.39 Å². The highest BCUT2D eigenvalue weighted by Gasteiger charge is 2.24. The third-order valence-electron chi connectivity index (χ3n) is 4.83. The summed E-state index contributed by atoms with van der Waals surface area (Å²) in [5.74, 6) is 0.757. The second kappa shape index (κ2) is 7.94. The number of amides is 1. The zero-order chi connectivity index (χ0) is 18.6. The van der Waals surface area contributed by atoms with Crippen molar-refractivity contribution >= 4 is 5.91 Å². The van der Waals surface area contributed by atoms with Crippen LogP contribution in [0.25, 0.3) is 0 Å². The van der Waals surface area contributed by atoms with E-state index in [4.69, 9.17) is 14.2 Å². The summed E-state index contributed by atoms with van der Waals surface area (Å²) in [5, 5.41) is 2.99. The van der Waals surface area contributed by atoms with Crippen molar-refractivity contribution in [1.82, 2.24) is 10.2 Å². The van der Waals surface area contributed by atoms with Crippen LogP contribution in [0.4, 0.5) is 4.39 Å². The molecule has 142 valence electrons. The summed E-state index contributed by atoms with van der Waals surface area (Å²) in [6.45, 7) is 3.41. The van der Waals surface area contributed by atoms with Gasteiger partial charge in [0.15, 0.2) is 11.5 Å². The summed E-state index contributed by atoms with van der Waals surface area (Å²) in [4.78, 5) is 14.9. The van der Waals surface area contributed by atoms with E-state index in [0.717, 1.165) is 18.7 Å². The zero-order valence-electron chi connectivity index (χ0n) is 14.8. The molecule has 1 amide bonds. The Bertz CT molecular complexity index is 806. The predicted molar refractivity (Wildman–Crippen MR) is 96.4 cm³/mol. The van der Waals surface area contributed by atoms with E-state index >= 15 is 0 Å². The second-order valence-electron chi connectivity index (χ2n) is 6.49. The van der Waals surface area contributed by atoms with E-state index < -0.39 is 0 Å². The molecule has 1 atom stereocenters. The molecule has 1 fully saturated rings. The van der Waals surface area contributed by atoms with Gasteiger partial charge in [0.1, 0.15) is 5.82 Å². The molecule has 0 saturated carbocycles. The number of morpholine rings is 1. The molecule has 0 radical (unpaired) electrons. The first-order valence-corrected chi connectivity index (χ1v) is 8.96. The average Bonchev–Trinajstić information content (AvgIpc) is 3.18. The number of hydrogen-bond donors (Lipinski definition) is 1. The lowest BCUT2D eigenvalue weighted by molar-refractivity contribution is 0.0162. The summed E-state index contributed by atoms with van der Waals surface area (Å²) < 4.78 is 29.3. The van der Waals surface area contributed by atoms with Crippen LogP contribution >= 0.6 is 0 Å². The van der Waals surface area contributed by atoms with E-state index in [1.807, 2.05) is 0 Å². The van der Waals surface area contributed by atoms with Crippen LogP contribution in [-0.4, -0.2) is 50.4 Å². The molecule has 0 bridgehead atoms. The maximum atomic E-state index is 13.3. The number of nitrogens with one attached hydrogen (secondary N) is 1. The van der Waals surface area contributed by atoms with Gasteiger partial charge in [0, 0.05) is 25.2 Å². The number of nitrogens with zero attached hydrogens (tertiary/aromatic N) is 1. The van der Waals surface area contributed by atoms with Gasteiger partial charge < -0.3 is 19.5 Å². The van der Waals surface area contributed by atoms with Crippen molar-refractivity contribution in [1.29, 1.82) is 0 Å². The number of carbonyl (C=O) groups excluding carboxylic acids is 1. The van der Waals surface area contributed by atoms with Crippen LogP contribution in [0.5, 0.6) is 11.5 Å². The van der Waals surface area contributed by atoms with E-state index in [0.29, 0.717) is 36.8 Å². The smallest absolute Gasteiger partial charge is 0.251 e. The normalized spacial score (nSPS) is 17.5. The predicted octanol–water partition coefficient (Wildman–Crippen LogP) is 2.36. The summed E-state index contributed by atoms with van der Waals surface area (Å²) in [6, 6.07) is 11.5. The number of hydrogen-bond acceptors (Lipinski definition) is 5. The van der Waals surface area contributed by atoms with E-state index in [1.165, 1.54) is 12.1 Å². The lowest BCUT2D eigenvalue weighted by Crippen LogP contribution is -2.43. The monoisotopic (exact) mass is 372 g/mol. The molecule has 4 rings (SSSR count). The molecule has 1 N–H and O–H groups in total. The Balaban J connectivity index is 1.47. The highest BCUT2D eigenvalue weighted by atomic mass is 19.1. The lowest BCUT2D eigenvalue weighted by Gasteiger charge is -2.35. The fraction of sp³-hybridized carbons (Fsp3) is 0.350. The minimum atomic E-state index is -0.274. The Morgan fingerprint density at radius 1 is 1.07 bits per heavy atom. The van der Waals surface area contributed by atoms with Gasteiger partial charge in [-0.15, -0.1) is 0 Å². The second-order valence-corrected chi connectivity index (χ2v) is 6.49. The molecule has 0 unspecified atom stereocenters. The quantitative estimate of drug-likeness (QED) is 0.873. The minimum absolute atomic E-state index is 0.0486. The number of carbonyl (C=O) groups is 1. The summed E-state index contributed by atoms with van der Waals surface area (Å²) in [5.41, 5.74) is 1.48. The zero-order valence-corrected chi connectivity index (χ0v) is 14.8. The van der Waals surface area contributed by atoms with Gasteiger partial charge in [-0.05, 0) is 35.9 Å². The van der Waals surface area contributed by atoms with Gasteiger partial charge in [0.2, 0.25) is 6.79 Å². The molecular formula is C20H21FN2O4. The van der Waals surface area contributed by atoms with Gasteiger partial charge in [-0.1, -0.05) is 12.1 Å². The maximum absolute atomic E-state index is 13.3. The van der Waals surface area contributed by atoms with Crippen molar-refractivity contribution in [3.8, 4) is 11.5 Å². The van der Waals surface area contributed by atoms with Crippen LogP contribution in [0.15, 0.2) is 42.5 Å². The topological polar surface area (TPSA) is 60.0 Å². The molecule has 27 heavy (non-hydrogen) atoms. The lowest BCUT2D eigenvalue weighted by atomic mass is 10.0. The fourth-order valence-corrected chi connectivity index (χ4v) is 3.36. The Morgan fingerprint density at radius 3 is 2.59 bits per heavy atom. The molecule has 7 heteroatoms. The van der Waals surface area contributed by atoms with Crippen molar-refractivity contribution in [3.05, 3.63) is 59.4 Å². The standard InChI is InChI=1S/C20H21FN2O4/c21-16-4-1-14(2-5-16)17(23-7-9-25-10-8-23)12-22-20(24)15-3-6-18-19(11-15)27-13-26-18/h1-6,11,17H,7-10,12-13H2,(H,22,24)/t17-/m0/s1. The third kappa shape index (κ3) is 4.04. The molecule has 2 aliphatic heterocycles. The number of rotatable bonds is 5. The summed E-state index contributed by atoms with van der Waals surface area (Å²) >= 11 is 0. The number of benzene rings is 2. The van der Waals surface area contributed by atoms with Crippen LogP contribution in [0.2, 0.25) is 0 Å². The van der Waals surface area contributed by atoms with Crippen LogP contribution in [0, 0.1) is 5.82 Å². The summed E-state index contributed by atoms with van der Waals surface area (Å²) in [6.07, 6.45) is 0. The Hall–Kier alpha value is -2.64. The molecule has 0 spiro atoms. The molecule has 6 nitrogen and oxygen atoms in total. The first-order valence-electron chi connectivity index (χ1n) is 8.96. The van der Waals surface area contributed by atoms with Crippen molar-refractivity contribution < 1.29 is 23.4 Å². The van der Waals surface area contributed by atoms with E-state index in [2.05, 4.69) is 10.2 Å².